The van der Waals surface area contributed by atoms with Crippen LogP contribution in [0.2, 0.25) is 0 Å². The standard InChI is InChI=1S/C30H60N4O12P4/c1-9-39-47(35,40-10-2)31-21-22-32(48(36,41-11-3)42-12-4)24-26-34(50(38,45-15-7)46-16-8)28-30-19-17-29(18-20-30)27-33(25-23-31)49(37,43-13-5)44-14-6/h17-20H,9-16,21-28H2,1-8H3. The van der Waals surface area contributed by atoms with E-state index in [0.29, 0.717) is 0 Å². The molecule has 16 nitrogen and oxygen atoms in total. The molecule has 0 aliphatic carbocycles. The quantitative estimate of drug-likeness (QED) is 0.0937. The van der Waals surface area contributed by atoms with E-state index < -0.39 is 31.0 Å². The van der Waals surface area contributed by atoms with Crippen LogP contribution < -0.4 is 0 Å². The van der Waals surface area contributed by atoms with E-state index in [9.17, 15) is 18.3 Å². The van der Waals surface area contributed by atoms with Crippen LogP contribution in [0.25, 0.3) is 0 Å². The molecule has 0 saturated carbocycles. The van der Waals surface area contributed by atoms with Crippen LogP contribution in [0.5, 0.6) is 0 Å². The van der Waals surface area contributed by atoms with Crippen molar-refractivity contribution in [3.8, 4) is 0 Å². The number of hydrogen-bond donors (Lipinski definition) is 0. The third-order valence-corrected chi connectivity index (χ3v) is 16.3. The summed E-state index contributed by atoms with van der Waals surface area (Å²) in [6.45, 7) is 15.4. The first-order chi connectivity index (χ1) is 23.9. The Morgan fingerprint density at radius 3 is 0.760 bits per heavy atom. The van der Waals surface area contributed by atoms with E-state index in [0.717, 1.165) is 11.1 Å². The zero-order valence-corrected chi connectivity index (χ0v) is 34.7. The van der Waals surface area contributed by atoms with Gasteiger partial charge in [0.2, 0.25) is 0 Å². The molecule has 0 unspecified atom stereocenters. The normalized spacial score (nSPS) is 17.8. The highest BCUT2D eigenvalue weighted by molar-refractivity contribution is 7.52. The van der Waals surface area contributed by atoms with Gasteiger partial charge in [0.05, 0.1) is 52.9 Å². The predicted octanol–water partition coefficient (Wildman–Crippen LogP) is 7.63. The van der Waals surface area contributed by atoms with E-state index in [1.54, 1.807) is 64.7 Å². The van der Waals surface area contributed by atoms with Gasteiger partial charge in [-0.2, -0.15) is 0 Å². The van der Waals surface area contributed by atoms with Crippen LogP contribution >= 0.6 is 31.0 Å². The van der Waals surface area contributed by atoms with Gasteiger partial charge in [0.15, 0.2) is 0 Å². The van der Waals surface area contributed by atoms with Crippen molar-refractivity contribution in [2.24, 2.45) is 0 Å². The average molecular weight is 793 g/mol. The first kappa shape index (κ1) is 45.8. The van der Waals surface area contributed by atoms with Crippen molar-refractivity contribution in [2.75, 3.05) is 92.1 Å². The molecule has 20 heteroatoms. The molecular weight excluding hydrogens is 732 g/mol. The maximum Gasteiger partial charge on any atom is 0.408 e. The predicted molar refractivity (Wildman–Crippen MR) is 194 cm³/mol. The van der Waals surface area contributed by atoms with E-state index in [-0.39, 0.29) is 105 Å². The van der Waals surface area contributed by atoms with Crippen molar-refractivity contribution in [3.05, 3.63) is 35.4 Å². The minimum Gasteiger partial charge on any atom is -0.297 e. The van der Waals surface area contributed by atoms with E-state index in [4.69, 9.17) is 36.2 Å². The van der Waals surface area contributed by atoms with Crippen LogP contribution in [0.1, 0.15) is 66.5 Å². The van der Waals surface area contributed by atoms with Crippen LogP contribution in [0.3, 0.4) is 0 Å². The highest BCUT2D eigenvalue weighted by atomic mass is 31.2. The lowest BCUT2D eigenvalue weighted by atomic mass is 10.1. The second kappa shape index (κ2) is 22.8. The Balaban J connectivity index is 2.80. The molecule has 0 amide bonds. The molecule has 1 aromatic carbocycles. The zero-order valence-electron chi connectivity index (χ0n) is 31.1. The second-order valence-corrected chi connectivity index (χ2v) is 18.8. The summed E-state index contributed by atoms with van der Waals surface area (Å²) >= 11 is 0. The van der Waals surface area contributed by atoms with Crippen molar-refractivity contribution in [3.63, 3.8) is 0 Å². The van der Waals surface area contributed by atoms with E-state index in [1.807, 2.05) is 24.3 Å². The van der Waals surface area contributed by atoms with Crippen LogP contribution in [0, 0.1) is 0 Å². The van der Waals surface area contributed by atoms with E-state index in [2.05, 4.69) is 0 Å². The fourth-order valence-electron chi connectivity index (χ4n) is 5.26. The minimum absolute atomic E-state index is 0.0190. The molecule has 1 aromatic rings. The molecule has 2 heterocycles. The molecule has 2 aliphatic rings. The van der Waals surface area contributed by atoms with Gasteiger partial charge < -0.3 is 0 Å². The number of hydrogen-bond acceptors (Lipinski definition) is 12. The van der Waals surface area contributed by atoms with Crippen molar-refractivity contribution in [2.45, 2.75) is 68.5 Å². The largest absolute Gasteiger partial charge is 0.408 e. The summed E-state index contributed by atoms with van der Waals surface area (Å²) in [4.78, 5) is 0. The summed E-state index contributed by atoms with van der Waals surface area (Å²) in [5.41, 5.74) is 1.63. The topological polar surface area (TPSA) is 155 Å². The Morgan fingerprint density at radius 2 is 0.560 bits per heavy atom. The molecule has 0 saturated heterocycles. The van der Waals surface area contributed by atoms with Gasteiger partial charge in [0, 0.05) is 52.4 Å². The number of rotatable bonds is 20. The molecule has 50 heavy (non-hydrogen) atoms. The molecule has 2 bridgehead atoms. The monoisotopic (exact) mass is 792 g/mol. The third kappa shape index (κ3) is 13.2. The van der Waals surface area contributed by atoms with Gasteiger partial charge in [-0.15, -0.1) is 0 Å². The van der Waals surface area contributed by atoms with Crippen molar-refractivity contribution in [1.82, 2.24) is 18.7 Å². The van der Waals surface area contributed by atoms with Gasteiger partial charge >= 0.3 is 31.0 Å². The highest BCUT2D eigenvalue weighted by Gasteiger charge is 2.41. The van der Waals surface area contributed by atoms with Crippen molar-refractivity contribution in [1.29, 1.82) is 0 Å². The molecule has 0 atom stereocenters. The van der Waals surface area contributed by atoms with Gasteiger partial charge in [0.1, 0.15) is 0 Å². The van der Waals surface area contributed by atoms with Crippen molar-refractivity contribution >= 4 is 31.0 Å². The summed E-state index contributed by atoms with van der Waals surface area (Å²) in [5, 5.41) is 0. The molecule has 0 radical (unpaired) electrons. The van der Waals surface area contributed by atoms with Gasteiger partial charge in [-0.1, -0.05) is 24.3 Å². The molecular formula is C30H60N4O12P4. The first-order valence-electron chi connectivity index (χ1n) is 17.5. The molecule has 2 aliphatic heterocycles. The molecule has 292 valence electrons. The summed E-state index contributed by atoms with van der Waals surface area (Å²) < 4.78 is 109. The first-order valence-corrected chi connectivity index (χ1v) is 23.5. The Kier molecular flexibility index (Phi) is 20.9. The smallest absolute Gasteiger partial charge is 0.297 e. The Labute approximate surface area is 299 Å². The average Bonchev–Trinajstić information content (AvgIpc) is 3.05. The van der Waals surface area contributed by atoms with Crippen LogP contribution in [0.4, 0.5) is 0 Å². The number of benzene rings is 1. The lowest BCUT2D eigenvalue weighted by Crippen LogP contribution is -2.40. The van der Waals surface area contributed by atoms with Gasteiger partial charge in [-0.25, -0.2) is 36.9 Å². The lowest BCUT2D eigenvalue weighted by molar-refractivity contribution is 0.131. The Morgan fingerprint density at radius 1 is 0.380 bits per heavy atom. The highest BCUT2D eigenvalue weighted by Crippen LogP contribution is 2.57. The number of fused-ring (bicyclic) bond motifs is 13. The maximum atomic E-state index is 14.4. The number of nitrogens with zero attached hydrogens (tertiary/aromatic N) is 4. The minimum atomic E-state index is -3.92. The van der Waals surface area contributed by atoms with Crippen LogP contribution in [-0.2, 0) is 67.5 Å². The second-order valence-electron chi connectivity index (χ2n) is 10.7. The third-order valence-electron chi connectivity index (χ3n) is 7.33. The SMILES string of the molecule is CCOP(=O)(OCC)N1CCN(P(=O)(OCC)OCC)CCN(P(=O)(OCC)OCC)Cc2ccc(cc2)CN(P(=O)(OCC)OCC)CC1. The van der Waals surface area contributed by atoms with Crippen molar-refractivity contribution < 1.29 is 54.5 Å². The van der Waals surface area contributed by atoms with Gasteiger partial charge in [-0.05, 0) is 66.5 Å². The molecule has 0 spiro atoms. The van der Waals surface area contributed by atoms with E-state index >= 15 is 0 Å². The van der Waals surface area contributed by atoms with Gasteiger partial charge in [-0.3, -0.25) is 36.2 Å². The fraction of sp³-hybridized carbons (Fsp3) is 0.800. The summed E-state index contributed by atoms with van der Waals surface area (Å²) in [6.07, 6.45) is 0. The maximum absolute atomic E-state index is 14.4. The Hall–Kier alpha value is -0.340. The summed E-state index contributed by atoms with van der Waals surface area (Å²) in [7, 11) is -15.5. The molecule has 0 aromatic heterocycles. The fourth-order valence-corrected chi connectivity index (χ4v) is 12.2. The molecule has 0 fully saturated rings. The van der Waals surface area contributed by atoms with E-state index in [1.165, 1.54) is 9.34 Å². The summed E-state index contributed by atoms with van der Waals surface area (Å²) in [6, 6.07) is 7.53. The summed E-state index contributed by atoms with van der Waals surface area (Å²) in [5.74, 6) is 0. The Bertz CT molecular complexity index is 1170. The lowest BCUT2D eigenvalue weighted by Gasteiger charge is -2.37. The molecule has 0 N–H and O–H groups in total. The zero-order chi connectivity index (χ0) is 37.3. The molecule has 3 rings (SSSR count). The van der Waals surface area contributed by atoms with Gasteiger partial charge in [0.25, 0.3) is 0 Å². The van der Waals surface area contributed by atoms with Crippen LogP contribution in [-0.4, -0.2) is 111 Å². The van der Waals surface area contributed by atoms with Crippen LogP contribution in [0.15, 0.2) is 24.3 Å².